The molecule has 0 saturated carbocycles. The molecule has 0 radical (unpaired) electrons. The van der Waals surface area contributed by atoms with E-state index in [1.807, 2.05) is 0 Å². The molecule has 0 spiro atoms. The minimum Gasteiger partial charge on any atom is -0.478 e. The Morgan fingerprint density at radius 1 is 1.38 bits per heavy atom. The van der Waals surface area contributed by atoms with Gasteiger partial charge in [0, 0.05) is 5.38 Å². The molecule has 106 valence electrons. The fourth-order valence-electron chi connectivity index (χ4n) is 2.14. The molecule has 0 aliphatic heterocycles. The molecule has 0 fully saturated rings. The van der Waals surface area contributed by atoms with E-state index in [2.05, 4.69) is 9.97 Å². The van der Waals surface area contributed by atoms with Gasteiger partial charge in [-0.25, -0.2) is 9.78 Å². The number of rotatable bonds is 3. The number of aromatic amines is 1. The smallest absolute Gasteiger partial charge is 0.337 e. The van der Waals surface area contributed by atoms with E-state index in [9.17, 15) is 19.5 Å². The van der Waals surface area contributed by atoms with E-state index in [-0.39, 0.29) is 17.6 Å². The first-order chi connectivity index (χ1) is 10.1. The molecule has 0 saturated heterocycles. The monoisotopic (exact) mass is 303 g/mol. The minimum absolute atomic E-state index is 0.0453. The lowest BCUT2D eigenvalue weighted by Gasteiger charge is -2.10. The lowest BCUT2D eigenvalue weighted by molar-refractivity contribution is 0.0698. The number of hydrogen-bond donors (Lipinski definition) is 2. The highest BCUT2D eigenvalue weighted by Gasteiger charge is 2.16. The van der Waals surface area contributed by atoms with Gasteiger partial charge in [0.1, 0.15) is 0 Å². The average molecular weight is 303 g/mol. The summed E-state index contributed by atoms with van der Waals surface area (Å²) in [6, 6.07) is 4.46. The van der Waals surface area contributed by atoms with Crippen LogP contribution in [0.5, 0.6) is 0 Å². The standard InChI is InChI=1S/C13H9N3O4S/c17-11-12(18)16(4-7-5-21-6-14-7)10-8(13(19)20)2-1-3-9(10)15-11/h1-3,5-6H,4H2,(H,15,17)(H,19,20). The molecule has 7 nitrogen and oxygen atoms in total. The van der Waals surface area contributed by atoms with Crippen molar-refractivity contribution in [1.82, 2.24) is 14.5 Å². The number of aromatic carboxylic acids is 1. The number of thiazole rings is 1. The SMILES string of the molecule is O=C(O)c1cccc2[nH]c(=O)c(=O)n(Cc3cscn3)c12. The highest BCUT2D eigenvalue weighted by Crippen LogP contribution is 2.16. The fourth-order valence-corrected chi connectivity index (χ4v) is 2.69. The van der Waals surface area contributed by atoms with Gasteiger partial charge in [-0.2, -0.15) is 0 Å². The van der Waals surface area contributed by atoms with Gasteiger partial charge in [0.05, 0.1) is 34.3 Å². The summed E-state index contributed by atoms with van der Waals surface area (Å²) in [5.41, 5.74) is 1.04. The van der Waals surface area contributed by atoms with Crippen LogP contribution in [0.15, 0.2) is 38.7 Å². The minimum atomic E-state index is -1.17. The molecule has 2 heterocycles. The van der Waals surface area contributed by atoms with Crippen LogP contribution >= 0.6 is 11.3 Å². The Hall–Kier alpha value is -2.74. The van der Waals surface area contributed by atoms with Crippen LogP contribution in [-0.4, -0.2) is 25.6 Å². The first kappa shape index (κ1) is 13.3. The van der Waals surface area contributed by atoms with Gasteiger partial charge >= 0.3 is 17.1 Å². The molecule has 0 atom stereocenters. The van der Waals surface area contributed by atoms with E-state index in [0.29, 0.717) is 11.2 Å². The summed E-state index contributed by atoms with van der Waals surface area (Å²) in [6.07, 6.45) is 0. The molecule has 0 aliphatic carbocycles. The molecule has 1 aromatic carbocycles. The summed E-state index contributed by atoms with van der Waals surface area (Å²) in [5, 5.41) is 11.0. The first-order valence-corrected chi connectivity index (χ1v) is 6.88. The van der Waals surface area contributed by atoms with Gasteiger partial charge in [0.2, 0.25) is 0 Å². The lowest BCUT2D eigenvalue weighted by atomic mass is 10.1. The number of hydrogen-bond acceptors (Lipinski definition) is 5. The van der Waals surface area contributed by atoms with Gasteiger partial charge in [-0.15, -0.1) is 11.3 Å². The second kappa shape index (κ2) is 4.98. The Morgan fingerprint density at radius 2 is 2.19 bits per heavy atom. The normalized spacial score (nSPS) is 10.9. The van der Waals surface area contributed by atoms with Crippen LogP contribution in [0.2, 0.25) is 0 Å². The summed E-state index contributed by atoms with van der Waals surface area (Å²) in [4.78, 5) is 41.6. The largest absolute Gasteiger partial charge is 0.478 e. The number of nitrogens with one attached hydrogen (secondary N) is 1. The van der Waals surface area contributed by atoms with Gasteiger partial charge in [-0.05, 0) is 12.1 Å². The summed E-state index contributed by atoms with van der Waals surface area (Å²) < 4.78 is 1.15. The van der Waals surface area contributed by atoms with Crippen molar-refractivity contribution < 1.29 is 9.90 Å². The molecule has 21 heavy (non-hydrogen) atoms. The number of benzene rings is 1. The number of nitrogens with zero attached hydrogens (tertiary/aromatic N) is 2. The predicted molar refractivity (Wildman–Crippen MR) is 77.0 cm³/mol. The second-order valence-electron chi connectivity index (χ2n) is 4.33. The fraction of sp³-hybridized carbons (Fsp3) is 0.0769. The molecule has 3 aromatic rings. The summed E-state index contributed by atoms with van der Waals surface area (Å²) in [7, 11) is 0. The van der Waals surface area contributed by atoms with E-state index < -0.39 is 17.1 Å². The van der Waals surface area contributed by atoms with Crippen LogP contribution < -0.4 is 11.1 Å². The topological polar surface area (TPSA) is 105 Å². The maximum atomic E-state index is 12.1. The number of para-hydroxylation sites is 1. The molecular formula is C13H9N3O4S. The Kier molecular flexibility index (Phi) is 3.15. The third-order valence-corrected chi connectivity index (χ3v) is 3.66. The maximum absolute atomic E-state index is 12.1. The predicted octanol–water partition coefficient (Wildman–Crippen LogP) is 0.893. The quantitative estimate of drug-likeness (QED) is 0.699. The highest BCUT2D eigenvalue weighted by atomic mass is 32.1. The van der Waals surface area contributed by atoms with Gasteiger partial charge in [-0.1, -0.05) is 6.07 Å². The van der Waals surface area contributed by atoms with Crippen LogP contribution in [0, 0.1) is 0 Å². The van der Waals surface area contributed by atoms with E-state index in [1.54, 1.807) is 17.0 Å². The highest BCUT2D eigenvalue weighted by molar-refractivity contribution is 7.07. The number of carboxylic acid groups (broad SMARTS) is 1. The summed E-state index contributed by atoms with van der Waals surface area (Å²) in [5.74, 6) is -1.17. The molecule has 0 aliphatic rings. The van der Waals surface area contributed by atoms with Crippen LogP contribution in [0.1, 0.15) is 16.1 Å². The zero-order chi connectivity index (χ0) is 15.0. The third-order valence-electron chi connectivity index (χ3n) is 3.03. The number of H-pyrrole nitrogens is 1. The maximum Gasteiger partial charge on any atom is 0.337 e. The second-order valence-corrected chi connectivity index (χ2v) is 5.05. The summed E-state index contributed by atoms with van der Waals surface area (Å²) >= 11 is 1.36. The Balaban J connectivity index is 2.39. The van der Waals surface area contributed by atoms with Crippen molar-refractivity contribution >= 4 is 28.3 Å². The molecule has 2 N–H and O–H groups in total. The van der Waals surface area contributed by atoms with Gasteiger partial charge in [0.25, 0.3) is 0 Å². The molecule has 3 rings (SSSR count). The van der Waals surface area contributed by atoms with Crippen molar-refractivity contribution in [3.05, 3.63) is 61.1 Å². The van der Waals surface area contributed by atoms with Crippen molar-refractivity contribution in [3.63, 3.8) is 0 Å². The molecule has 0 unspecified atom stereocenters. The van der Waals surface area contributed by atoms with Crippen LogP contribution in [-0.2, 0) is 6.54 Å². The summed E-state index contributed by atoms with van der Waals surface area (Å²) in [6.45, 7) is 0.0487. The van der Waals surface area contributed by atoms with Gasteiger partial charge in [-0.3, -0.25) is 14.2 Å². The molecule has 8 heteroatoms. The number of carboxylic acids is 1. The van der Waals surface area contributed by atoms with E-state index in [4.69, 9.17) is 0 Å². The first-order valence-electron chi connectivity index (χ1n) is 5.94. The average Bonchev–Trinajstić information content (AvgIpc) is 2.96. The number of aromatic nitrogens is 3. The van der Waals surface area contributed by atoms with E-state index in [1.165, 1.54) is 23.5 Å². The van der Waals surface area contributed by atoms with Crippen LogP contribution in [0.3, 0.4) is 0 Å². The van der Waals surface area contributed by atoms with E-state index >= 15 is 0 Å². The van der Waals surface area contributed by atoms with Gasteiger partial charge < -0.3 is 10.1 Å². The van der Waals surface area contributed by atoms with Crippen molar-refractivity contribution in [2.45, 2.75) is 6.54 Å². The third kappa shape index (κ3) is 2.25. The van der Waals surface area contributed by atoms with Crippen LogP contribution in [0.25, 0.3) is 11.0 Å². The molecular weight excluding hydrogens is 294 g/mol. The van der Waals surface area contributed by atoms with Crippen molar-refractivity contribution in [2.24, 2.45) is 0 Å². The van der Waals surface area contributed by atoms with Crippen molar-refractivity contribution in [2.75, 3.05) is 0 Å². The lowest BCUT2D eigenvalue weighted by Crippen LogP contribution is -2.37. The van der Waals surface area contributed by atoms with Crippen molar-refractivity contribution in [1.29, 1.82) is 0 Å². The zero-order valence-electron chi connectivity index (χ0n) is 10.6. The van der Waals surface area contributed by atoms with E-state index in [0.717, 1.165) is 4.57 Å². The Labute approximate surface area is 121 Å². The van der Waals surface area contributed by atoms with Crippen LogP contribution in [0.4, 0.5) is 0 Å². The number of fused-ring (bicyclic) bond motifs is 1. The molecule has 2 aromatic heterocycles. The Bertz CT molecular complexity index is 940. The molecule has 0 amide bonds. The Morgan fingerprint density at radius 3 is 2.86 bits per heavy atom. The van der Waals surface area contributed by atoms with Gasteiger partial charge in [0.15, 0.2) is 0 Å². The van der Waals surface area contributed by atoms with Crippen molar-refractivity contribution in [3.8, 4) is 0 Å². The zero-order valence-corrected chi connectivity index (χ0v) is 11.4. The number of carbonyl (C=O) groups is 1. The molecule has 0 bridgehead atoms.